The van der Waals surface area contributed by atoms with Crippen LogP contribution in [0.2, 0.25) is 0 Å². The molecule has 6 nitrogen and oxygen atoms in total. The number of carboxylic acids is 1. The molecular formula is C9H11N3O3. The molecule has 1 aliphatic heterocycles. The Kier molecular flexibility index (Phi) is 2.51. The van der Waals surface area contributed by atoms with Gasteiger partial charge < -0.3 is 15.1 Å². The van der Waals surface area contributed by atoms with Crippen LogP contribution in [0, 0.1) is 0 Å². The Balaban J connectivity index is 2.24. The number of hydrogen-bond acceptors (Lipinski definition) is 5. The van der Waals surface area contributed by atoms with Crippen molar-refractivity contribution in [2.45, 2.75) is 18.6 Å². The molecule has 6 heteroatoms. The monoisotopic (exact) mass is 209 g/mol. The first kappa shape index (κ1) is 9.85. The first-order valence-electron chi connectivity index (χ1n) is 4.63. The van der Waals surface area contributed by atoms with Gasteiger partial charge >= 0.3 is 5.97 Å². The molecule has 0 radical (unpaired) electrons. The van der Waals surface area contributed by atoms with E-state index in [2.05, 4.69) is 10.2 Å². The molecule has 1 fully saturated rings. The predicted octanol–water partition coefficient (Wildman–Crippen LogP) is -0.499. The maximum absolute atomic E-state index is 10.9. The summed E-state index contributed by atoms with van der Waals surface area (Å²) < 4.78 is 0. The minimum absolute atomic E-state index is 0.228. The second-order valence-electron chi connectivity index (χ2n) is 3.48. The number of carbonyl (C=O) groups is 1. The average Bonchev–Trinajstić information content (AvgIpc) is 2.62. The highest BCUT2D eigenvalue weighted by atomic mass is 16.4. The van der Waals surface area contributed by atoms with Crippen molar-refractivity contribution in [3.05, 3.63) is 18.3 Å². The Labute approximate surface area is 86.2 Å². The molecule has 1 saturated heterocycles. The molecule has 2 unspecified atom stereocenters. The third-order valence-electron chi connectivity index (χ3n) is 2.42. The zero-order chi connectivity index (χ0) is 10.8. The van der Waals surface area contributed by atoms with E-state index in [0.717, 1.165) is 0 Å². The van der Waals surface area contributed by atoms with E-state index in [-0.39, 0.29) is 13.0 Å². The van der Waals surface area contributed by atoms with E-state index >= 15 is 0 Å². The number of aliphatic hydroxyl groups is 1. The lowest BCUT2D eigenvalue weighted by molar-refractivity contribution is -0.138. The van der Waals surface area contributed by atoms with Crippen LogP contribution in [0.25, 0.3) is 0 Å². The molecular weight excluding hydrogens is 198 g/mol. The Morgan fingerprint density at radius 2 is 2.40 bits per heavy atom. The van der Waals surface area contributed by atoms with Crippen molar-refractivity contribution in [2.75, 3.05) is 11.4 Å². The first-order chi connectivity index (χ1) is 7.18. The van der Waals surface area contributed by atoms with Gasteiger partial charge in [0.05, 0.1) is 6.10 Å². The summed E-state index contributed by atoms with van der Waals surface area (Å²) in [5.41, 5.74) is 0. The van der Waals surface area contributed by atoms with E-state index in [1.165, 1.54) is 6.20 Å². The van der Waals surface area contributed by atoms with Gasteiger partial charge in [-0.3, -0.25) is 0 Å². The first-order valence-corrected chi connectivity index (χ1v) is 4.63. The van der Waals surface area contributed by atoms with E-state index in [0.29, 0.717) is 5.82 Å². The van der Waals surface area contributed by atoms with Crippen molar-refractivity contribution in [3.63, 3.8) is 0 Å². The van der Waals surface area contributed by atoms with E-state index in [9.17, 15) is 9.90 Å². The molecule has 1 aromatic heterocycles. The summed E-state index contributed by atoms with van der Waals surface area (Å²) >= 11 is 0. The molecule has 2 heterocycles. The van der Waals surface area contributed by atoms with Crippen molar-refractivity contribution in [2.24, 2.45) is 0 Å². The second-order valence-corrected chi connectivity index (χ2v) is 3.48. The molecule has 80 valence electrons. The minimum atomic E-state index is -0.947. The van der Waals surface area contributed by atoms with Gasteiger partial charge in [-0.2, -0.15) is 5.10 Å². The van der Waals surface area contributed by atoms with E-state index in [1.807, 2.05) is 0 Å². The fourth-order valence-corrected chi connectivity index (χ4v) is 1.75. The van der Waals surface area contributed by atoms with Gasteiger partial charge in [0.2, 0.25) is 0 Å². The van der Waals surface area contributed by atoms with Crippen LogP contribution in [-0.4, -0.2) is 45.1 Å². The van der Waals surface area contributed by atoms with Crippen LogP contribution >= 0.6 is 0 Å². The number of nitrogens with zero attached hydrogens (tertiary/aromatic N) is 3. The SMILES string of the molecule is O=C(O)C1CC(O)CN1c1cccnn1. The molecule has 0 bridgehead atoms. The molecule has 0 spiro atoms. The Bertz CT molecular complexity index is 357. The molecule has 2 N–H and O–H groups in total. The van der Waals surface area contributed by atoms with E-state index in [4.69, 9.17) is 5.11 Å². The molecule has 0 amide bonds. The van der Waals surface area contributed by atoms with Crippen LogP contribution in [0.4, 0.5) is 5.82 Å². The number of aliphatic carboxylic acids is 1. The van der Waals surface area contributed by atoms with Crippen molar-refractivity contribution < 1.29 is 15.0 Å². The van der Waals surface area contributed by atoms with Crippen molar-refractivity contribution in [3.8, 4) is 0 Å². The lowest BCUT2D eigenvalue weighted by Gasteiger charge is -2.20. The van der Waals surface area contributed by atoms with Crippen LogP contribution in [-0.2, 0) is 4.79 Å². The highest BCUT2D eigenvalue weighted by molar-refractivity contribution is 5.78. The van der Waals surface area contributed by atoms with Gasteiger partial charge in [-0.05, 0) is 12.1 Å². The van der Waals surface area contributed by atoms with Crippen LogP contribution in [0.3, 0.4) is 0 Å². The molecule has 2 rings (SSSR count). The van der Waals surface area contributed by atoms with Crippen molar-refractivity contribution in [1.29, 1.82) is 0 Å². The standard InChI is InChI=1S/C9H11N3O3/c13-6-4-7(9(14)15)12(5-6)8-2-1-3-10-11-8/h1-3,6-7,13H,4-5H2,(H,14,15). The van der Waals surface area contributed by atoms with E-state index in [1.54, 1.807) is 17.0 Å². The fourth-order valence-electron chi connectivity index (χ4n) is 1.75. The Hall–Kier alpha value is -1.69. The van der Waals surface area contributed by atoms with Gasteiger partial charge in [0.25, 0.3) is 0 Å². The predicted molar refractivity (Wildman–Crippen MR) is 51.4 cm³/mol. The number of hydrogen-bond donors (Lipinski definition) is 2. The van der Waals surface area contributed by atoms with Crippen molar-refractivity contribution >= 4 is 11.8 Å². The number of carboxylic acid groups (broad SMARTS) is 1. The third-order valence-corrected chi connectivity index (χ3v) is 2.42. The fraction of sp³-hybridized carbons (Fsp3) is 0.444. The summed E-state index contributed by atoms with van der Waals surface area (Å²) in [7, 11) is 0. The minimum Gasteiger partial charge on any atom is -0.480 e. The average molecular weight is 209 g/mol. The summed E-state index contributed by atoms with van der Waals surface area (Å²) in [5, 5.41) is 25.9. The molecule has 15 heavy (non-hydrogen) atoms. The van der Waals surface area contributed by atoms with Gasteiger partial charge in [0.15, 0.2) is 5.82 Å². The van der Waals surface area contributed by atoms with Crippen LogP contribution < -0.4 is 4.90 Å². The number of aromatic nitrogens is 2. The smallest absolute Gasteiger partial charge is 0.326 e. The lowest BCUT2D eigenvalue weighted by Crippen LogP contribution is -2.36. The van der Waals surface area contributed by atoms with Gasteiger partial charge in [0.1, 0.15) is 6.04 Å². The number of rotatable bonds is 2. The zero-order valence-electron chi connectivity index (χ0n) is 7.95. The van der Waals surface area contributed by atoms with Gasteiger partial charge in [-0.1, -0.05) is 0 Å². The summed E-state index contributed by atoms with van der Waals surface area (Å²) in [5.74, 6) is -0.460. The number of anilines is 1. The molecule has 1 aromatic rings. The number of aliphatic hydroxyl groups excluding tert-OH is 1. The summed E-state index contributed by atoms with van der Waals surface area (Å²) in [6, 6.07) is 2.66. The Morgan fingerprint density at radius 3 is 3.00 bits per heavy atom. The maximum atomic E-state index is 10.9. The molecule has 0 aromatic carbocycles. The topological polar surface area (TPSA) is 86.5 Å². The van der Waals surface area contributed by atoms with Crippen LogP contribution in [0.1, 0.15) is 6.42 Å². The summed E-state index contributed by atoms with van der Waals surface area (Å²) in [4.78, 5) is 12.5. The maximum Gasteiger partial charge on any atom is 0.326 e. The largest absolute Gasteiger partial charge is 0.480 e. The van der Waals surface area contributed by atoms with Crippen molar-refractivity contribution in [1.82, 2.24) is 10.2 Å². The second kappa shape index (κ2) is 3.82. The highest BCUT2D eigenvalue weighted by Crippen LogP contribution is 2.23. The normalized spacial score (nSPS) is 25.5. The van der Waals surface area contributed by atoms with Gasteiger partial charge in [-0.15, -0.1) is 5.10 Å². The molecule has 0 saturated carbocycles. The third kappa shape index (κ3) is 1.89. The molecule has 1 aliphatic rings. The summed E-state index contributed by atoms with van der Waals surface area (Å²) in [6.45, 7) is 0.287. The number of β-amino-alcohol motifs (C(OH)–C–C–N with tert-alkyl or cyclic N) is 1. The van der Waals surface area contributed by atoms with Crippen LogP contribution in [0.15, 0.2) is 18.3 Å². The zero-order valence-corrected chi connectivity index (χ0v) is 7.95. The molecule has 0 aliphatic carbocycles. The lowest BCUT2D eigenvalue weighted by atomic mass is 10.2. The Morgan fingerprint density at radius 1 is 1.60 bits per heavy atom. The van der Waals surface area contributed by atoms with Crippen LogP contribution in [0.5, 0.6) is 0 Å². The quantitative estimate of drug-likeness (QED) is 0.683. The van der Waals surface area contributed by atoms with E-state index < -0.39 is 18.1 Å². The van der Waals surface area contributed by atoms with Gasteiger partial charge in [0, 0.05) is 19.2 Å². The van der Waals surface area contributed by atoms with Gasteiger partial charge in [-0.25, -0.2) is 4.79 Å². The summed E-state index contributed by atoms with van der Waals surface area (Å²) in [6.07, 6.45) is 1.13. The molecule has 2 atom stereocenters. The highest BCUT2D eigenvalue weighted by Gasteiger charge is 2.36.